The Hall–Kier alpha value is -0.160. The molecule has 2 unspecified atom stereocenters. The first-order valence-electron chi connectivity index (χ1n) is 5.25. The monoisotopic (exact) mass is 184 g/mol. The standard InChI is InChI=1S/C9H20N4/c1-3-12-6-7-13-5-4-11-9(13)8(12)10-2/h8-11H,3-7H2,1-2H3. The van der Waals surface area contributed by atoms with Crippen LogP contribution in [0.15, 0.2) is 0 Å². The number of hydrogen-bond acceptors (Lipinski definition) is 4. The zero-order valence-corrected chi connectivity index (χ0v) is 8.58. The molecule has 0 bridgehead atoms. The third-order valence-electron chi connectivity index (χ3n) is 3.21. The van der Waals surface area contributed by atoms with Crippen molar-refractivity contribution in [2.45, 2.75) is 19.3 Å². The molecule has 0 saturated carbocycles. The summed E-state index contributed by atoms with van der Waals surface area (Å²) in [5.74, 6) is 0. The Kier molecular flexibility index (Phi) is 2.83. The van der Waals surface area contributed by atoms with Crippen LogP contribution in [0.1, 0.15) is 6.92 Å². The van der Waals surface area contributed by atoms with Gasteiger partial charge in [-0.15, -0.1) is 0 Å². The molecule has 2 aliphatic heterocycles. The highest BCUT2D eigenvalue weighted by Crippen LogP contribution is 2.15. The fourth-order valence-electron chi connectivity index (χ4n) is 2.48. The first-order valence-corrected chi connectivity index (χ1v) is 5.25. The molecule has 2 saturated heterocycles. The van der Waals surface area contributed by atoms with Crippen LogP contribution in [-0.2, 0) is 0 Å². The Morgan fingerprint density at radius 3 is 2.92 bits per heavy atom. The third kappa shape index (κ3) is 1.59. The van der Waals surface area contributed by atoms with Crippen LogP contribution in [0.3, 0.4) is 0 Å². The Balaban J connectivity index is 2.05. The second kappa shape index (κ2) is 3.92. The lowest BCUT2D eigenvalue weighted by Crippen LogP contribution is -2.64. The van der Waals surface area contributed by atoms with Gasteiger partial charge >= 0.3 is 0 Å². The van der Waals surface area contributed by atoms with Crippen molar-refractivity contribution in [3.63, 3.8) is 0 Å². The Morgan fingerprint density at radius 2 is 2.23 bits per heavy atom. The van der Waals surface area contributed by atoms with Crippen LogP contribution in [0.5, 0.6) is 0 Å². The fourth-order valence-corrected chi connectivity index (χ4v) is 2.48. The molecule has 2 heterocycles. The summed E-state index contributed by atoms with van der Waals surface area (Å²) < 4.78 is 0. The maximum absolute atomic E-state index is 3.55. The first-order chi connectivity index (χ1) is 6.36. The smallest absolute Gasteiger partial charge is 0.0895 e. The average molecular weight is 184 g/mol. The Bertz CT molecular complexity index is 173. The molecule has 13 heavy (non-hydrogen) atoms. The zero-order chi connectivity index (χ0) is 9.26. The summed E-state index contributed by atoms with van der Waals surface area (Å²) in [5.41, 5.74) is 0. The summed E-state index contributed by atoms with van der Waals surface area (Å²) >= 11 is 0. The normalized spacial score (nSPS) is 36.5. The quantitative estimate of drug-likeness (QED) is 0.582. The van der Waals surface area contributed by atoms with Crippen molar-refractivity contribution in [1.29, 1.82) is 0 Å². The van der Waals surface area contributed by atoms with Crippen LogP contribution in [0.4, 0.5) is 0 Å². The van der Waals surface area contributed by atoms with Gasteiger partial charge in [0.05, 0.1) is 12.3 Å². The summed E-state index contributed by atoms with van der Waals surface area (Å²) in [6.07, 6.45) is 1.01. The van der Waals surface area contributed by atoms with E-state index in [2.05, 4.69) is 34.4 Å². The molecule has 2 N–H and O–H groups in total. The topological polar surface area (TPSA) is 30.5 Å². The zero-order valence-electron chi connectivity index (χ0n) is 8.58. The summed E-state index contributed by atoms with van der Waals surface area (Å²) in [6.45, 7) is 8.12. The molecule has 0 aromatic heterocycles. The summed E-state index contributed by atoms with van der Waals surface area (Å²) in [4.78, 5) is 5.03. The van der Waals surface area contributed by atoms with E-state index in [9.17, 15) is 0 Å². The predicted octanol–water partition coefficient (Wildman–Crippen LogP) is -0.901. The van der Waals surface area contributed by atoms with Gasteiger partial charge in [-0.05, 0) is 13.6 Å². The number of fused-ring (bicyclic) bond motifs is 1. The maximum atomic E-state index is 3.55. The maximum Gasteiger partial charge on any atom is 0.0895 e. The number of piperazine rings is 1. The fraction of sp³-hybridized carbons (Fsp3) is 1.00. The molecule has 0 aromatic carbocycles. The highest BCUT2D eigenvalue weighted by molar-refractivity contribution is 4.91. The molecular formula is C9H20N4. The highest BCUT2D eigenvalue weighted by Gasteiger charge is 2.37. The molecule has 0 aliphatic carbocycles. The van der Waals surface area contributed by atoms with Crippen LogP contribution in [0.2, 0.25) is 0 Å². The van der Waals surface area contributed by atoms with E-state index >= 15 is 0 Å². The lowest BCUT2D eigenvalue weighted by molar-refractivity contribution is 0.0243. The number of rotatable bonds is 2. The number of nitrogens with one attached hydrogen (secondary N) is 2. The molecule has 4 nitrogen and oxygen atoms in total. The second-order valence-electron chi connectivity index (χ2n) is 3.80. The van der Waals surface area contributed by atoms with Crippen LogP contribution < -0.4 is 10.6 Å². The van der Waals surface area contributed by atoms with Gasteiger partial charge in [-0.2, -0.15) is 0 Å². The molecule has 76 valence electrons. The molecular weight excluding hydrogens is 164 g/mol. The molecule has 0 radical (unpaired) electrons. The van der Waals surface area contributed by atoms with E-state index in [0.717, 1.165) is 13.1 Å². The molecule has 0 amide bonds. The minimum atomic E-state index is 0.487. The van der Waals surface area contributed by atoms with Crippen LogP contribution in [0, 0.1) is 0 Å². The van der Waals surface area contributed by atoms with Crippen molar-refractivity contribution in [3.05, 3.63) is 0 Å². The largest absolute Gasteiger partial charge is 0.302 e. The molecule has 2 aliphatic rings. The summed E-state index contributed by atoms with van der Waals surface area (Å²) in [6, 6.07) is 0. The van der Waals surface area contributed by atoms with Crippen molar-refractivity contribution in [2.75, 3.05) is 39.8 Å². The van der Waals surface area contributed by atoms with E-state index in [1.165, 1.54) is 19.6 Å². The van der Waals surface area contributed by atoms with E-state index in [1.807, 2.05) is 0 Å². The first kappa shape index (κ1) is 9.40. The van der Waals surface area contributed by atoms with Crippen LogP contribution >= 0.6 is 0 Å². The van der Waals surface area contributed by atoms with Crippen molar-refractivity contribution in [2.24, 2.45) is 0 Å². The van der Waals surface area contributed by atoms with E-state index in [0.29, 0.717) is 12.3 Å². The number of nitrogens with zero attached hydrogens (tertiary/aromatic N) is 2. The third-order valence-corrected chi connectivity index (χ3v) is 3.21. The highest BCUT2D eigenvalue weighted by atomic mass is 15.5. The van der Waals surface area contributed by atoms with Gasteiger partial charge in [-0.3, -0.25) is 15.1 Å². The van der Waals surface area contributed by atoms with Crippen molar-refractivity contribution in [3.8, 4) is 0 Å². The van der Waals surface area contributed by atoms with Gasteiger partial charge in [0.1, 0.15) is 0 Å². The summed E-state index contributed by atoms with van der Waals surface area (Å²) in [7, 11) is 2.05. The van der Waals surface area contributed by atoms with E-state index in [4.69, 9.17) is 0 Å². The lowest BCUT2D eigenvalue weighted by atomic mass is 10.2. The SMILES string of the molecule is CCN1CCN2CCNC2C1NC. The average Bonchev–Trinajstić information content (AvgIpc) is 2.63. The summed E-state index contributed by atoms with van der Waals surface area (Å²) in [5, 5.41) is 6.94. The van der Waals surface area contributed by atoms with Gasteiger partial charge in [0, 0.05) is 26.2 Å². The number of hydrogen-bond donors (Lipinski definition) is 2. The predicted molar refractivity (Wildman–Crippen MR) is 53.5 cm³/mol. The van der Waals surface area contributed by atoms with Gasteiger partial charge in [0.2, 0.25) is 0 Å². The van der Waals surface area contributed by atoms with Crippen molar-refractivity contribution < 1.29 is 0 Å². The molecule has 0 aromatic rings. The van der Waals surface area contributed by atoms with Crippen molar-refractivity contribution in [1.82, 2.24) is 20.4 Å². The lowest BCUT2D eigenvalue weighted by Gasteiger charge is -2.43. The minimum absolute atomic E-state index is 0.487. The van der Waals surface area contributed by atoms with Crippen LogP contribution in [-0.4, -0.2) is 61.9 Å². The van der Waals surface area contributed by atoms with E-state index < -0.39 is 0 Å². The van der Waals surface area contributed by atoms with Crippen molar-refractivity contribution >= 4 is 0 Å². The van der Waals surface area contributed by atoms with Gasteiger partial charge in [0.15, 0.2) is 0 Å². The minimum Gasteiger partial charge on any atom is -0.302 e. The molecule has 2 rings (SSSR count). The van der Waals surface area contributed by atoms with Gasteiger partial charge in [-0.25, -0.2) is 0 Å². The van der Waals surface area contributed by atoms with Crippen LogP contribution in [0.25, 0.3) is 0 Å². The van der Waals surface area contributed by atoms with E-state index in [1.54, 1.807) is 0 Å². The van der Waals surface area contributed by atoms with Gasteiger partial charge in [0.25, 0.3) is 0 Å². The van der Waals surface area contributed by atoms with E-state index in [-0.39, 0.29) is 0 Å². The number of likely N-dealkylation sites (N-methyl/N-ethyl adjacent to an activating group) is 2. The molecule has 2 fully saturated rings. The van der Waals surface area contributed by atoms with Gasteiger partial charge < -0.3 is 5.32 Å². The molecule has 2 atom stereocenters. The molecule has 4 heteroatoms. The Morgan fingerprint density at radius 1 is 1.38 bits per heavy atom. The Labute approximate surface area is 80.3 Å². The second-order valence-corrected chi connectivity index (χ2v) is 3.80. The van der Waals surface area contributed by atoms with Gasteiger partial charge in [-0.1, -0.05) is 6.92 Å². The molecule has 0 spiro atoms.